The van der Waals surface area contributed by atoms with Crippen LogP contribution in [0.4, 0.5) is 14.5 Å². The Labute approximate surface area is 160 Å². The highest BCUT2D eigenvalue weighted by Gasteiger charge is 2.35. The highest BCUT2D eigenvalue weighted by Crippen LogP contribution is 2.45. The van der Waals surface area contributed by atoms with E-state index in [4.69, 9.17) is 4.74 Å². The normalized spacial score (nSPS) is 15.8. The van der Waals surface area contributed by atoms with E-state index in [1.165, 1.54) is 14.0 Å². The quantitative estimate of drug-likeness (QED) is 0.707. The first-order chi connectivity index (χ1) is 13.0. The third-order valence-electron chi connectivity index (χ3n) is 5.39. The zero-order valence-corrected chi connectivity index (χ0v) is 16.3. The summed E-state index contributed by atoms with van der Waals surface area (Å²) in [6.45, 7) is 8.25. The highest BCUT2D eigenvalue weighted by atomic mass is 19.3. The predicted molar refractivity (Wildman–Crippen MR) is 107 cm³/mol. The van der Waals surface area contributed by atoms with Crippen LogP contribution in [0, 0.1) is 0 Å². The fraction of sp³-hybridized carbons (Fsp3) is 0.455. The van der Waals surface area contributed by atoms with Crippen LogP contribution >= 0.6 is 0 Å². The van der Waals surface area contributed by atoms with E-state index in [-0.39, 0.29) is 17.7 Å². The Balaban J connectivity index is 2.11. The van der Waals surface area contributed by atoms with Crippen LogP contribution in [0.3, 0.4) is 0 Å². The summed E-state index contributed by atoms with van der Waals surface area (Å²) in [5, 5.41) is 0. The molecule has 0 aliphatic carbocycles. The van der Waals surface area contributed by atoms with E-state index >= 15 is 0 Å². The van der Waals surface area contributed by atoms with Crippen LogP contribution in [-0.2, 0) is 5.92 Å². The van der Waals surface area contributed by atoms with Gasteiger partial charge in [0, 0.05) is 43.9 Å². The van der Waals surface area contributed by atoms with E-state index < -0.39 is 5.92 Å². The average molecular weight is 374 g/mol. The van der Waals surface area contributed by atoms with Gasteiger partial charge in [-0.2, -0.15) is 0 Å². The standard InChI is InChI=1S/C22H28F2N2O/c1-4-22(23,24)20-16-18(26-13-11-25(5-2)12-14-26)15-19(21(20)27-3)17-9-7-6-8-10-17/h6-10,15-16H,4-5,11-14H2,1-3H3. The lowest BCUT2D eigenvalue weighted by molar-refractivity contribution is -0.0103. The predicted octanol–water partition coefficient (Wildman–Crippen LogP) is 5.01. The Hall–Kier alpha value is -2.14. The first-order valence-electron chi connectivity index (χ1n) is 9.63. The lowest BCUT2D eigenvalue weighted by atomic mass is 9.95. The van der Waals surface area contributed by atoms with Gasteiger partial charge in [-0.15, -0.1) is 0 Å². The van der Waals surface area contributed by atoms with Gasteiger partial charge >= 0.3 is 0 Å². The summed E-state index contributed by atoms with van der Waals surface area (Å²) in [7, 11) is 1.47. The molecule has 0 radical (unpaired) electrons. The Bertz CT molecular complexity index is 756. The molecule has 0 aromatic heterocycles. The number of anilines is 1. The summed E-state index contributed by atoms with van der Waals surface area (Å²) in [6.07, 6.45) is -0.259. The van der Waals surface area contributed by atoms with Crippen LogP contribution in [0.5, 0.6) is 5.75 Å². The number of likely N-dealkylation sites (N-methyl/N-ethyl adjacent to an activating group) is 1. The molecule has 2 aromatic carbocycles. The summed E-state index contributed by atoms with van der Waals surface area (Å²) in [6, 6.07) is 13.2. The van der Waals surface area contributed by atoms with Crippen molar-refractivity contribution in [3.63, 3.8) is 0 Å². The van der Waals surface area contributed by atoms with Gasteiger partial charge in [-0.3, -0.25) is 0 Å². The van der Waals surface area contributed by atoms with Crippen LogP contribution in [0.1, 0.15) is 25.8 Å². The van der Waals surface area contributed by atoms with Gasteiger partial charge in [0.25, 0.3) is 5.92 Å². The van der Waals surface area contributed by atoms with E-state index in [0.29, 0.717) is 0 Å². The third-order valence-corrected chi connectivity index (χ3v) is 5.39. The molecule has 1 fully saturated rings. The van der Waals surface area contributed by atoms with Crippen molar-refractivity contribution in [3.05, 3.63) is 48.0 Å². The van der Waals surface area contributed by atoms with Crippen molar-refractivity contribution in [2.45, 2.75) is 26.2 Å². The second kappa shape index (κ2) is 8.26. The maximum atomic E-state index is 14.8. The van der Waals surface area contributed by atoms with E-state index in [1.807, 2.05) is 36.4 Å². The monoisotopic (exact) mass is 374 g/mol. The second-order valence-corrected chi connectivity index (χ2v) is 6.92. The van der Waals surface area contributed by atoms with Gasteiger partial charge in [-0.1, -0.05) is 44.2 Å². The number of hydrogen-bond acceptors (Lipinski definition) is 3. The number of nitrogens with zero attached hydrogens (tertiary/aromatic N) is 2. The molecule has 0 saturated carbocycles. The molecule has 3 nitrogen and oxygen atoms in total. The minimum Gasteiger partial charge on any atom is -0.496 e. The van der Waals surface area contributed by atoms with E-state index in [9.17, 15) is 8.78 Å². The molecule has 0 bridgehead atoms. The van der Waals surface area contributed by atoms with Crippen molar-refractivity contribution < 1.29 is 13.5 Å². The molecule has 146 valence electrons. The van der Waals surface area contributed by atoms with E-state index in [2.05, 4.69) is 16.7 Å². The van der Waals surface area contributed by atoms with Crippen LogP contribution < -0.4 is 9.64 Å². The summed E-state index contributed by atoms with van der Waals surface area (Å²) >= 11 is 0. The zero-order valence-electron chi connectivity index (χ0n) is 16.3. The molecule has 0 atom stereocenters. The Morgan fingerprint density at radius 1 is 1.00 bits per heavy atom. The minimum absolute atomic E-state index is 0.0261. The Kier molecular flexibility index (Phi) is 6.00. The molecule has 0 spiro atoms. The molecule has 3 rings (SSSR count). The first kappa shape index (κ1) is 19.6. The summed E-state index contributed by atoms with van der Waals surface area (Å²) in [5.41, 5.74) is 2.42. The third kappa shape index (κ3) is 4.08. The maximum Gasteiger partial charge on any atom is 0.276 e. The van der Waals surface area contributed by atoms with Crippen molar-refractivity contribution in [1.82, 2.24) is 4.90 Å². The molecule has 27 heavy (non-hydrogen) atoms. The Morgan fingerprint density at radius 2 is 1.67 bits per heavy atom. The smallest absolute Gasteiger partial charge is 0.276 e. The lowest BCUT2D eigenvalue weighted by Crippen LogP contribution is -2.46. The number of piperazine rings is 1. The topological polar surface area (TPSA) is 15.7 Å². The Morgan fingerprint density at radius 3 is 2.22 bits per heavy atom. The molecular weight excluding hydrogens is 346 g/mol. The van der Waals surface area contributed by atoms with Gasteiger partial charge in [0.2, 0.25) is 0 Å². The van der Waals surface area contributed by atoms with Crippen LogP contribution in [0.2, 0.25) is 0 Å². The van der Waals surface area contributed by atoms with Gasteiger partial charge in [0.1, 0.15) is 5.75 Å². The molecule has 1 heterocycles. The second-order valence-electron chi connectivity index (χ2n) is 6.92. The molecule has 2 aromatic rings. The number of alkyl halides is 2. The van der Waals surface area contributed by atoms with Crippen LogP contribution in [-0.4, -0.2) is 44.7 Å². The van der Waals surface area contributed by atoms with E-state index in [0.717, 1.165) is 49.5 Å². The largest absolute Gasteiger partial charge is 0.496 e. The molecule has 1 aliphatic heterocycles. The molecule has 1 saturated heterocycles. The number of benzene rings is 2. The number of methoxy groups -OCH3 is 1. The van der Waals surface area contributed by atoms with Crippen molar-refractivity contribution in [2.24, 2.45) is 0 Å². The highest BCUT2D eigenvalue weighted by molar-refractivity contribution is 5.77. The van der Waals surface area contributed by atoms with Crippen molar-refractivity contribution >= 4 is 5.69 Å². The molecular formula is C22H28F2N2O. The summed E-state index contributed by atoms with van der Waals surface area (Å²) < 4.78 is 35.1. The number of rotatable bonds is 6. The number of ether oxygens (including phenoxy) is 1. The number of halogens is 2. The fourth-order valence-corrected chi connectivity index (χ4v) is 3.63. The zero-order chi connectivity index (χ0) is 19.4. The lowest BCUT2D eigenvalue weighted by Gasteiger charge is -2.36. The van der Waals surface area contributed by atoms with Crippen LogP contribution in [0.15, 0.2) is 42.5 Å². The van der Waals surface area contributed by atoms with Crippen molar-refractivity contribution in [3.8, 4) is 16.9 Å². The molecule has 0 N–H and O–H groups in total. The van der Waals surface area contributed by atoms with Gasteiger partial charge in [0.15, 0.2) is 0 Å². The molecule has 1 aliphatic rings. The number of hydrogen-bond donors (Lipinski definition) is 0. The SMILES string of the molecule is CCN1CCN(c2cc(-c3ccccc3)c(OC)c(C(F)(F)CC)c2)CC1. The van der Waals surface area contributed by atoms with Gasteiger partial charge in [-0.05, 0) is 24.2 Å². The van der Waals surface area contributed by atoms with E-state index in [1.54, 1.807) is 6.07 Å². The molecule has 0 unspecified atom stereocenters. The van der Waals surface area contributed by atoms with Gasteiger partial charge in [-0.25, -0.2) is 8.78 Å². The molecule has 5 heteroatoms. The van der Waals surface area contributed by atoms with Gasteiger partial charge < -0.3 is 14.5 Å². The summed E-state index contributed by atoms with van der Waals surface area (Å²) in [4.78, 5) is 4.58. The average Bonchev–Trinajstić information content (AvgIpc) is 2.73. The molecule has 0 amide bonds. The maximum absolute atomic E-state index is 14.8. The van der Waals surface area contributed by atoms with Crippen molar-refractivity contribution in [2.75, 3.05) is 44.7 Å². The fourth-order valence-electron chi connectivity index (χ4n) is 3.63. The van der Waals surface area contributed by atoms with Gasteiger partial charge in [0.05, 0.1) is 12.7 Å². The van der Waals surface area contributed by atoms with Crippen molar-refractivity contribution in [1.29, 1.82) is 0 Å². The first-order valence-corrected chi connectivity index (χ1v) is 9.63. The summed E-state index contributed by atoms with van der Waals surface area (Å²) in [5.74, 6) is -2.67. The van der Waals surface area contributed by atoms with Crippen LogP contribution in [0.25, 0.3) is 11.1 Å². The minimum atomic E-state index is -2.93.